The molecule has 0 saturated heterocycles. The molecule has 0 atom stereocenters. The van der Waals surface area contributed by atoms with Crippen LogP contribution >= 0.6 is 0 Å². The summed E-state index contributed by atoms with van der Waals surface area (Å²) in [5.41, 5.74) is 0.646. The van der Waals surface area contributed by atoms with Gasteiger partial charge in [0.1, 0.15) is 6.09 Å². The van der Waals surface area contributed by atoms with Gasteiger partial charge >= 0.3 is 18.9 Å². The van der Waals surface area contributed by atoms with Gasteiger partial charge in [0.25, 0.3) is 0 Å². The van der Waals surface area contributed by atoms with Gasteiger partial charge in [0.2, 0.25) is 0 Å². The maximum Gasteiger partial charge on any atom is 1.00 e. The fourth-order valence-corrected chi connectivity index (χ4v) is 1.60. The number of hydrogen-bond acceptors (Lipinski definition) is 2. The minimum Gasteiger partial charge on any atom is -0.530 e. The van der Waals surface area contributed by atoms with Crippen molar-refractivity contribution in [3.05, 3.63) is 42.5 Å². The first-order valence-electron chi connectivity index (χ1n) is 4.62. The Hall–Kier alpha value is -1.43. The van der Waals surface area contributed by atoms with Gasteiger partial charge < -0.3 is 14.8 Å². The van der Waals surface area contributed by atoms with Crippen molar-refractivity contribution in [1.82, 2.24) is 0 Å². The molecule has 1 amide bonds. The van der Waals surface area contributed by atoms with Crippen LogP contribution in [0.4, 0.5) is 10.5 Å². The van der Waals surface area contributed by atoms with Crippen molar-refractivity contribution < 1.29 is 28.8 Å². The number of carbonyl (C=O) groups excluding carboxylic acids is 1. The van der Waals surface area contributed by atoms with Gasteiger partial charge in [0.15, 0.2) is 0 Å². The van der Waals surface area contributed by atoms with E-state index in [4.69, 9.17) is 0 Å². The Labute approximate surface area is 106 Å². The minimum absolute atomic E-state index is 0. The first kappa shape index (κ1) is 12.6. The standard InChI is InChI=1S/C12H11NO2.Li/c1-13(12(14)15)11-8-4-6-9-5-2-3-7-10(9)11;/h2-8H,1H3,(H,14,15);/q;+1/p-1. The topological polar surface area (TPSA) is 43.4 Å². The molecule has 16 heavy (non-hydrogen) atoms. The van der Waals surface area contributed by atoms with Crippen LogP contribution in [-0.4, -0.2) is 13.1 Å². The van der Waals surface area contributed by atoms with E-state index in [0.717, 1.165) is 15.7 Å². The molecule has 0 unspecified atom stereocenters. The second kappa shape index (κ2) is 5.07. The van der Waals surface area contributed by atoms with Crippen LogP contribution in [0.5, 0.6) is 0 Å². The molecule has 4 heteroatoms. The molecule has 3 nitrogen and oxygen atoms in total. The van der Waals surface area contributed by atoms with Crippen LogP contribution in [-0.2, 0) is 0 Å². The van der Waals surface area contributed by atoms with E-state index in [1.807, 2.05) is 36.4 Å². The Kier molecular flexibility index (Phi) is 4.00. The molecule has 0 aliphatic heterocycles. The quantitative estimate of drug-likeness (QED) is 0.541. The van der Waals surface area contributed by atoms with Crippen molar-refractivity contribution in [3.63, 3.8) is 0 Å². The number of hydrogen-bond donors (Lipinski definition) is 0. The molecule has 0 spiro atoms. The molecule has 2 rings (SSSR count). The average Bonchev–Trinajstić information content (AvgIpc) is 2.27. The Morgan fingerprint density at radius 2 is 1.75 bits per heavy atom. The Morgan fingerprint density at radius 1 is 1.12 bits per heavy atom. The van der Waals surface area contributed by atoms with Crippen molar-refractivity contribution >= 4 is 22.6 Å². The number of benzene rings is 2. The van der Waals surface area contributed by atoms with Crippen LogP contribution in [0.3, 0.4) is 0 Å². The summed E-state index contributed by atoms with van der Waals surface area (Å²) in [6, 6.07) is 13.2. The number of anilines is 1. The van der Waals surface area contributed by atoms with Gasteiger partial charge in [-0.15, -0.1) is 0 Å². The van der Waals surface area contributed by atoms with Crippen molar-refractivity contribution in [2.24, 2.45) is 0 Å². The van der Waals surface area contributed by atoms with E-state index in [-0.39, 0.29) is 18.9 Å². The zero-order valence-corrected chi connectivity index (χ0v) is 9.31. The Bertz CT molecular complexity index is 508. The van der Waals surface area contributed by atoms with Crippen molar-refractivity contribution in [2.75, 3.05) is 11.9 Å². The number of fused-ring (bicyclic) bond motifs is 1. The maximum atomic E-state index is 10.8. The van der Waals surface area contributed by atoms with Gasteiger partial charge in [-0.1, -0.05) is 36.4 Å². The zero-order chi connectivity index (χ0) is 10.8. The predicted molar refractivity (Wildman–Crippen MR) is 57.7 cm³/mol. The monoisotopic (exact) mass is 207 g/mol. The van der Waals surface area contributed by atoms with Crippen LogP contribution in [0.15, 0.2) is 42.5 Å². The van der Waals surface area contributed by atoms with Crippen LogP contribution in [0, 0.1) is 0 Å². The number of nitrogens with zero attached hydrogens (tertiary/aromatic N) is 1. The van der Waals surface area contributed by atoms with Crippen LogP contribution in [0.1, 0.15) is 0 Å². The molecule has 0 N–H and O–H groups in total. The third kappa shape index (κ3) is 2.21. The summed E-state index contributed by atoms with van der Waals surface area (Å²) in [6.07, 6.45) is -1.20. The summed E-state index contributed by atoms with van der Waals surface area (Å²) in [5, 5.41) is 12.7. The normalized spacial score (nSPS) is 9.56. The molecule has 2 aromatic rings. The van der Waals surface area contributed by atoms with Gasteiger partial charge in [-0.2, -0.15) is 0 Å². The molecular formula is C12H10LiNO2. The van der Waals surface area contributed by atoms with E-state index in [2.05, 4.69) is 0 Å². The smallest absolute Gasteiger partial charge is 0.530 e. The van der Waals surface area contributed by atoms with Crippen LogP contribution < -0.4 is 28.9 Å². The van der Waals surface area contributed by atoms with Crippen LogP contribution in [0.25, 0.3) is 10.8 Å². The minimum atomic E-state index is -1.20. The predicted octanol–water partition coefficient (Wildman–Crippen LogP) is -1.38. The van der Waals surface area contributed by atoms with E-state index < -0.39 is 6.09 Å². The molecule has 0 fully saturated rings. The number of rotatable bonds is 1. The Morgan fingerprint density at radius 3 is 2.44 bits per heavy atom. The van der Waals surface area contributed by atoms with Crippen molar-refractivity contribution in [2.45, 2.75) is 0 Å². The fraction of sp³-hybridized carbons (Fsp3) is 0.0833. The number of carboxylic acid groups (broad SMARTS) is 1. The van der Waals surface area contributed by atoms with Crippen LogP contribution in [0.2, 0.25) is 0 Å². The van der Waals surface area contributed by atoms with Crippen molar-refractivity contribution in [3.8, 4) is 0 Å². The molecular weight excluding hydrogens is 197 g/mol. The first-order chi connectivity index (χ1) is 7.20. The molecule has 76 valence electrons. The third-order valence-electron chi connectivity index (χ3n) is 2.40. The first-order valence-corrected chi connectivity index (χ1v) is 4.62. The molecule has 0 aliphatic rings. The van der Waals surface area contributed by atoms with E-state index in [1.54, 1.807) is 6.07 Å². The summed E-state index contributed by atoms with van der Waals surface area (Å²) >= 11 is 0. The largest absolute Gasteiger partial charge is 1.00 e. The van der Waals surface area contributed by atoms with Gasteiger partial charge in [-0.25, -0.2) is 0 Å². The third-order valence-corrected chi connectivity index (χ3v) is 2.40. The molecule has 2 aromatic carbocycles. The van der Waals surface area contributed by atoms with E-state index in [9.17, 15) is 9.90 Å². The van der Waals surface area contributed by atoms with E-state index in [0.29, 0.717) is 5.69 Å². The van der Waals surface area contributed by atoms with Crippen molar-refractivity contribution in [1.29, 1.82) is 0 Å². The molecule has 0 bridgehead atoms. The van der Waals surface area contributed by atoms with Gasteiger partial charge in [0.05, 0.1) is 0 Å². The zero-order valence-electron chi connectivity index (χ0n) is 9.31. The molecule has 0 heterocycles. The SMILES string of the molecule is CN(C(=O)[O-])c1cccc2ccccc12.[Li+]. The Balaban J connectivity index is 0.00000128. The molecule has 0 aliphatic carbocycles. The molecule has 0 radical (unpaired) electrons. The van der Waals surface area contributed by atoms with E-state index >= 15 is 0 Å². The maximum absolute atomic E-state index is 10.8. The number of carbonyl (C=O) groups is 1. The van der Waals surface area contributed by atoms with Gasteiger partial charge in [-0.3, -0.25) is 0 Å². The summed E-state index contributed by atoms with van der Waals surface area (Å²) < 4.78 is 0. The molecule has 0 saturated carbocycles. The summed E-state index contributed by atoms with van der Waals surface area (Å²) in [4.78, 5) is 11.9. The second-order valence-electron chi connectivity index (χ2n) is 3.32. The van der Waals surface area contributed by atoms with E-state index in [1.165, 1.54) is 7.05 Å². The number of amides is 1. The summed E-state index contributed by atoms with van der Waals surface area (Å²) in [7, 11) is 1.48. The van der Waals surface area contributed by atoms with Gasteiger partial charge in [-0.05, 0) is 11.5 Å². The fourth-order valence-electron chi connectivity index (χ4n) is 1.60. The summed E-state index contributed by atoms with van der Waals surface area (Å²) in [6.45, 7) is 0. The molecule has 0 aromatic heterocycles. The van der Waals surface area contributed by atoms with Gasteiger partial charge in [0, 0.05) is 18.1 Å². The second-order valence-corrected chi connectivity index (χ2v) is 3.32. The summed E-state index contributed by atoms with van der Waals surface area (Å²) in [5.74, 6) is 0. The average molecular weight is 207 g/mol.